The van der Waals surface area contributed by atoms with Crippen molar-refractivity contribution in [1.29, 1.82) is 0 Å². The highest BCUT2D eigenvalue weighted by molar-refractivity contribution is 6.29. The van der Waals surface area contributed by atoms with Crippen LogP contribution in [-0.2, 0) is 0 Å². The Hall–Kier alpha value is -3.12. The lowest BCUT2D eigenvalue weighted by molar-refractivity contribution is 0.102. The van der Waals surface area contributed by atoms with E-state index in [1.807, 2.05) is 30.3 Å². The monoisotopic (exact) mass is 366 g/mol. The summed E-state index contributed by atoms with van der Waals surface area (Å²) in [5, 5.41) is 5.95. The van der Waals surface area contributed by atoms with Crippen LogP contribution in [0.5, 0.6) is 0 Å². The van der Waals surface area contributed by atoms with Crippen molar-refractivity contribution in [3.05, 3.63) is 82.0 Å². The van der Waals surface area contributed by atoms with Crippen LogP contribution in [0.1, 0.15) is 29.0 Å². The normalized spacial score (nSPS) is 11.6. The second-order valence-electron chi connectivity index (χ2n) is 5.59. The molecule has 3 rings (SSSR count). The zero-order valence-electron chi connectivity index (χ0n) is 13.9. The lowest BCUT2D eigenvalue weighted by atomic mass is 10.1. The van der Waals surface area contributed by atoms with Crippen molar-refractivity contribution in [1.82, 2.24) is 9.97 Å². The Morgan fingerprint density at radius 3 is 2.50 bits per heavy atom. The van der Waals surface area contributed by atoms with E-state index < -0.39 is 11.9 Å². The number of nitroso groups, excluding NO2 is 1. The standard InChI is InChI=1S/C19H15ClN4O2/c1-12(24-26)14-9-5-6-10-15(14)22-19(25)16-11-17(20)23-18(21-16)13-7-3-2-4-8-13/h2-12H,1H3,(H,22,25). The smallest absolute Gasteiger partial charge is 0.274 e. The third-order valence-corrected chi connectivity index (χ3v) is 3.97. The molecule has 1 heterocycles. The molecule has 26 heavy (non-hydrogen) atoms. The number of hydrogen-bond acceptors (Lipinski definition) is 5. The summed E-state index contributed by atoms with van der Waals surface area (Å²) in [4.78, 5) is 32.0. The number of hydrogen-bond donors (Lipinski definition) is 1. The molecule has 0 saturated heterocycles. The van der Waals surface area contributed by atoms with Crippen LogP contribution in [0.4, 0.5) is 5.69 Å². The van der Waals surface area contributed by atoms with Crippen LogP contribution < -0.4 is 5.32 Å². The van der Waals surface area contributed by atoms with E-state index in [-0.39, 0.29) is 10.8 Å². The third-order valence-electron chi connectivity index (χ3n) is 3.78. The van der Waals surface area contributed by atoms with Crippen molar-refractivity contribution in [2.45, 2.75) is 13.0 Å². The number of carbonyl (C=O) groups is 1. The fourth-order valence-electron chi connectivity index (χ4n) is 2.47. The van der Waals surface area contributed by atoms with Crippen molar-refractivity contribution in [3.63, 3.8) is 0 Å². The van der Waals surface area contributed by atoms with Gasteiger partial charge in [0.2, 0.25) is 0 Å². The van der Waals surface area contributed by atoms with Crippen molar-refractivity contribution < 1.29 is 4.79 Å². The number of amides is 1. The van der Waals surface area contributed by atoms with Gasteiger partial charge in [-0.25, -0.2) is 9.97 Å². The molecule has 1 unspecified atom stereocenters. The minimum Gasteiger partial charge on any atom is -0.320 e. The molecule has 1 N–H and O–H groups in total. The van der Waals surface area contributed by atoms with Gasteiger partial charge in [0.05, 0.1) is 0 Å². The van der Waals surface area contributed by atoms with Gasteiger partial charge in [-0.2, -0.15) is 4.91 Å². The number of carbonyl (C=O) groups excluding carboxylic acids is 1. The molecule has 130 valence electrons. The molecule has 0 aliphatic heterocycles. The molecule has 0 bridgehead atoms. The first kappa shape index (κ1) is 17.7. The molecule has 0 aliphatic carbocycles. The number of nitrogens with zero attached hydrogens (tertiary/aromatic N) is 3. The van der Waals surface area contributed by atoms with Crippen LogP contribution in [0.2, 0.25) is 5.15 Å². The molecule has 1 aromatic heterocycles. The number of aromatic nitrogens is 2. The van der Waals surface area contributed by atoms with Gasteiger partial charge in [0, 0.05) is 22.9 Å². The highest BCUT2D eigenvalue weighted by atomic mass is 35.5. The lowest BCUT2D eigenvalue weighted by Gasteiger charge is -2.12. The van der Waals surface area contributed by atoms with E-state index in [0.717, 1.165) is 5.56 Å². The maximum Gasteiger partial charge on any atom is 0.274 e. The number of halogens is 1. The summed E-state index contributed by atoms with van der Waals surface area (Å²) in [6.07, 6.45) is 0. The molecular weight excluding hydrogens is 352 g/mol. The summed E-state index contributed by atoms with van der Waals surface area (Å²) >= 11 is 6.06. The summed E-state index contributed by atoms with van der Waals surface area (Å²) in [6.45, 7) is 1.66. The SMILES string of the molecule is CC(N=O)c1ccccc1NC(=O)c1cc(Cl)nc(-c2ccccc2)n1. The van der Waals surface area contributed by atoms with Crippen LogP contribution >= 0.6 is 11.6 Å². The van der Waals surface area contributed by atoms with Gasteiger partial charge in [0.25, 0.3) is 5.91 Å². The molecule has 0 aliphatic rings. The molecule has 2 aromatic carbocycles. The van der Waals surface area contributed by atoms with Gasteiger partial charge in [-0.3, -0.25) is 4.79 Å². The van der Waals surface area contributed by atoms with Gasteiger partial charge >= 0.3 is 0 Å². The highest BCUT2D eigenvalue weighted by Gasteiger charge is 2.16. The number of benzene rings is 2. The van der Waals surface area contributed by atoms with Gasteiger partial charge in [0.15, 0.2) is 5.82 Å². The molecule has 1 amide bonds. The van der Waals surface area contributed by atoms with Crippen molar-refractivity contribution >= 4 is 23.2 Å². The average Bonchev–Trinajstić information content (AvgIpc) is 2.68. The van der Waals surface area contributed by atoms with Gasteiger partial charge < -0.3 is 5.32 Å². The van der Waals surface area contributed by atoms with E-state index in [4.69, 9.17) is 11.6 Å². The van der Waals surface area contributed by atoms with E-state index in [9.17, 15) is 9.70 Å². The minimum atomic E-state index is -0.583. The van der Waals surface area contributed by atoms with Crippen molar-refractivity contribution in [2.75, 3.05) is 5.32 Å². The molecule has 0 saturated carbocycles. The summed E-state index contributed by atoms with van der Waals surface area (Å²) < 4.78 is 0. The summed E-state index contributed by atoms with van der Waals surface area (Å²) in [5.74, 6) is -0.0866. The summed E-state index contributed by atoms with van der Waals surface area (Å²) in [5.41, 5.74) is 2.01. The van der Waals surface area contributed by atoms with Gasteiger partial charge in [-0.1, -0.05) is 65.3 Å². The fraction of sp³-hybridized carbons (Fsp3) is 0.105. The number of rotatable bonds is 5. The Labute approximate surface area is 155 Å². The second-order valence-corrected chi connectivity index (χ2v) is 5.98. The predicted molar refractivity (Wildman–Crippen MR) is 101 cm³/mol. The largest absolute Gasteiger partial charge is 0.320 e. The molecule has 0 fully saturated rings. The molecule has 0 spiro atoms. The van der Waals surface area contributed by atoms with E-state index in [1.165, 1.54) is 6.07 Å². The second kappa shape index (κ2) is 7.84. The Kier molecular flexibility index (Phi) is 5.34. The van der Waals surface area contributed by atoms with Crippen LogP contribution in [0.15, 0.2) is 65.8 Å². The van der Waals surface area contributed by atoms with Gasteiger partial charge in [-0.05, 0) is 13.0 Å². The van der Waals surface area contributed by atoms with Gasteiger partial charge in [0.1, 0.15) is 16.9 Å². The first-order valence-electron chi connectivity index (χ1n) is 7.91. The third kappa shape index (κ3) is 3.92. The first-order valence-corrected chi connectivity index (χ1v) is 8.29. The van der Waals surface area contributed by atoms with E-state index in [0.29, 0.717) is 17.1 Å². The highest BCUT2D eigenvalue weighted by Crippen LogP contribution is 2.26. The zero-order chi connectivity index (χ0) is 18.5. The van der Waals surface area contributed by atoms with Crippen LogP contribution in [0, 0.1) is 4.91 Å². The average molecular weight is 367 g/mol. The zero-order valence-corrected chi connectivity index (χ0v) is 14.6. The quantitative estimate of drug-likeness (QED) is 0.515. The summed E-state index contributed by atoms with van der Waals surface area (Å²) in [6, 6.07) is 17.0. The maximum absolute atomic E-state index is 12.6. The molecular formula is C19H15ClN4O2. The van der Waals surface area contributed by atoms with E-state index in [1.54, 1.807) is 31.2 Å². The predicted octanol–water partition coefficient (Wildman–Crippen LogP) is 4.88. The fourth-order valence-corrected chi connectivity index (χ4v) is 2.65. The Balaban J connectivity index is 1.92. The Morgan fingerprint density at radius 1 is 1.08 bits per heavy atom. The van der Waals surface area contributed by atoms with E-state index >= 15 is 0 Å². The van der Waals surface area contributed by atoms with Crippen LogP contribution in [0.3, 0.4) is 0 Å². The number of nitrogens with one attached hydrogen (secondary N) is 1. The van der Waals surface area contributed by atoms with Crippen LogP contribution in [0.25, 0.3) is 11.4 Å². The van der Waals surface area contributed by atoms with Crippen LogP contribution in [-0.4, -0.2) is 15.9 Å². The summed E-state index contributed by atoms with van der Waals surface area (Å²) in [7, 11) is 0. The number of anilines is 1. The molecule has 1 atom stereocenters. The molecule has 3 aromatic rings. The van der Waals surface area contributed by atoms with Gasteiger partial charge in [-0.15, -0.1) is 0 Å². The maximum atomic E-state index is 12.6. The lowest BCUT2D eigenvalue weighted by Crippen LogP contribution is -2.16. The Morgan fingerprint density at radius 2 is 1.77 bits per heavy atom. The van der Waals surface area contributed by atoms with Crippen molar-refractivity contribution in [2.24, 2.45) is 5.18 Å². The first-order chi connectivity index (χ1) is 12.6. The van der Waals surface area contributed by atoms with Crippen molar-refractivity contribution in [3.8, 4) is 11.4 Å². The topological polar surface area (TPSA) is 84.3 Å². The minimum absolute atomic E-state index is 0.130. The molecule has 0 radical (unpaired) electrons. The Bertz CT molecular complexity index is 947. The molecule has 6 nitrogen and oxygen atoms in total. The number of para-hydroxylation sites is 1. The van der Waals surface area contributed by atoms with E-state index in [2.05, 4.69) is 20.5 Å². The molecule has 7 heteroatoms.